The van der Waals surface area contributed by atoms with Crippen molar-refractivity contribution in [3.05, 3.63) is 0 Å². The molecule has 0 nitrogen and oxygen atoms in total. The summed E-state index contributed by atoms with van der Waals surface area (Å²) < 4.78 is 2.49. The van der Waals surface area contributed by atoms with Gasteiger partial charge in [0.2, 0.25) is 0 Å². The predicted octanol–water partition coefficient (Wildman–Crippen LogP) is 2.31. The van der Waals surface area contributed by atoms with E-state index in [-0.39, 0.29) is 0 Å². The fourth-order valence-electron chi connectivity index (χ4n) is 1.66. The zero-order valence-corrected chi connectivity index (χ0v) is 10.1. The van der Waals surface area contributed by atoms with Crippen LogP contribution in [0.5, 0.6) is 0 Å². The van der Waals surface area contributed by atoms with Crippen LogP contribution in [0.25, 0.3) is 0 Å². The summed E-state index contributed by atoms with van der Waals surface area (Å²) in [5, 5.41) is 0. The predicted molar refractivity (Wildman–Crippen MR) is 37.3 cm³/mol. The Labute approximate surface area is 73.2 Å². The molecule has 0 spiro atoms. The molecule has 0 radical (unpaired) electrons. The zero-order valence-electron chi connectivity index (χ0n) is 6.10. The van der Waals surface area contributed by atoms with Crippen molar-refractivity contribution in [1.29, 1.82) is 0 Å². The second kappa shape index (κ2) is 4.58. The average molecular weight is 223 g/mol. The molecular formula is C8H14Cd. The van der Waals surface area contributed by atoms with Crippen LogP contribution in [-0.4, -0.2) is 3.56 Å². The topological polar surface area (TPSA) is 0 Å². The summed E-state index contributed by atoms with van der Waals surface area (Å²) >= 11 is 1.10. The Bertz CT molecular complexity index is 82.6. The van der Waals surface area contributed by atoms with E-state index in [0.29, 0.717) is 0 Å². The Hall–Kier alpha value is 0.792. The molecular weight excluding hydrogens is 208 g/mol. The molecule has 1 saturated carbocycles. The van der Waals surface area contributed by atoms with Gasteiger partial charge in [0.25, 0.3) is 0 Å². The Kier molecular flexibility index (Phi) is 4.02. The van der Waals surface area contributed by atoms with E-state index in [2.05, 4.69) is 3.56 Å². The molecule has 0 heterocycles. The van der Waals surface area contributed by atoms with E-state index >= 15 is 0 Å². The summed E-state index contributed by atoms with van der Waals surface area (Å²) in [7, 11) is 0. The van der Waals surface area contributed by atoms with Gasteiger partial charge < -0.3 is 0 Å². The summed E-state index contributed by atoms with van der Waals surface area (Å²) in [5.41, 5.74) is 0. The molecule has 0 atom stereocenters. The van der Waals surface area contributed by atoms with Gasteiger partial charge >= 0.3 is 73.3 Å². The maximum absolute atomic E-state index is 2.49. The van der Waals surface area contributed by atoms with Crippen molar-refractivity contribution in [2.75, 3.05) is 0 Å². The first-order chi connectivity index (χ1) is 4.43. The van der Waals surface area contributed by atoms with Crippen molar-refractivity contribution in [3.63, 3.8) is 0 Å². The average Bonchev–Trinajstić information content (AvgIpc) is 1.91. The number of hydrogen-bond acceptors (Lipinski definition) is 0. The van der Waals surface area contributed by atoms with Gasteiger partial charge in [0.15, 0.2) is 0 Å². The van der Waals surface area contributed by atoms with Crippen LogP contribution in [0.2, 0.25) is 0 Å². The van der Waals surface area contributed by atoms with Gasteiger partial charge in [-0.15, -0.1) is 0 Å². The fraction of sp³-hybridized carbons (Fsp3) is 0.875. The first-order valence-electron chi connectivity index (χ1n) is 4.04. The second-order valence-corrected chi connectivity index (χ2v) is 4.68. The second-order valence-electron chi connectivity index (χ2n) is 3.03. The van der Waals surface area contributed by atoms with E-state index in [0.717, 1.165) is 31.2 Å². The van der Waals surface area contributed by atoms with Crippen LogP contribution in [0, 0.1) is 5.92 Å². The molecule has 0 bridgehead atoms. The molecule has 1 rings (SSSR count). The van der Waals surface area contributed by atoms with Crippen LogP contribution in [0.3, 0.4) is 0 Å². The summed E-state index contributed by atoms with van der Waals surface area (Å²) in [5.74, 6) is 1.09. The monoisotopic (exact) mass is 224 g/mol. The normalized spacial score (nSPS) is 22.0. The molecule has 0 unspecified atom stereocenters. The third-order valence-corrected chi connectivity index (χ3v) is 3.18. The van der Waals surface area contributed by atoms with Crippen LogP contribution in [0.4, 0.5) is 0 Å². The molecule has 0 aromatic carbocycles. The molecule has 1 fully saturated rings. The van der Waals surface area contributed by atoms with Gasteiger partial charge in [0.1, 0.15) is 0 Å². The molecule has 48 valence electrons. The summed E-state index contributed by atoms with van der Waals surface area (Å²) in [6.07, 6.45) is 8.98. The van der Waals surface area contributed by atoms with Gasteiger partial charge in [-0.25, -0.2) is 0 Å². The van der Waals surface area contributed by atoms with E-state index in [4.69, 9.17) is 0 Å². The van der Waals surface area contributed by atoms with Crippen molar-refractivity contribution in [2.45, 2.75) is 38.5 Å². The molecule has 1 heteroatoms. The maximum atomic E-state index is 2.49. The Morgan fingerprint density at radius 1 is 1.22 bits per heavy atom. The van der Waals surface area contributed by atoms with Crippen LogP contribution < -0.4 is 0 Å². The van der Waals surface area contributed by atoms with Crippen molar-refractivity contribution in [2.24, 2.45) is 5.92 Å². The van der Waals surface area contributed by atoms with Crippen LogP contribution >= 0.6 is 0 Å². The van der Waals surface area contributed by atoms with E-state index < -0.39 is 0 Å². The van der Waals surface area contributed by atoms with Crippen molar-refractivity contribution in [3.8, 4) is 0 Å². The first-order valence-corrected chi connectivity index (χ1v) is 6.37. The van der Waals surface area contributed by atoms with Crippen molar-refractivity contribution >= 4 is 3.56 Å². The minimum absolute atomic E-state index is 1.09. The van der Waals surface area contributed by atoms with E-state index in [1.54, 1.807) is 0 Å². The standard InChI is InChI=1S/C8H14.Cd/c1-2-8-6-4-3-5-7-8;/h1,8H,2-7H2;. The number of rotatable bonds is 2. The van der Waals surface area contributed by atoms with Gasteiger partial charge in [-0.2, -0.15) is 0 Å². The molecule has 0 saturated heterocycles. The SMILES string of the molecule is [Cd]=[CH]CC1CCCCC1. The van der Waals surface area contributed by atoms with Crippen LogP contribution in [-0.2, 0) is 25.3 Å². The first kappa shape index (κ1) is 7.89. The van der Waals surface area contributed by atoms with Gasteiger partial charge in [0.05, 0.1) is 0 Å². The zero-order chi connectivity index (χ0) is 6.53. The Balaban J connectivity index is 2.15. The third kappa shape index (κ3) is 2.92. The molecule has 1 aliphatic carbocycles. The minimum atomic E-state index is 1.09. The van der Waals surface area contributed by atoms with Crippen LogP contribution in [0.1, 0.15) is 38.5 Å². The fourth-order valence-corrected chi connectivity index (χ4v) is 3.00. The molecule has 0 amide bonds. The molecule has 9 heavy (non-hydrogen) atoms. The molecule has 0 aromatic rings. The molecule has 0 N–H and O–H groups in total. The summed E-state index contributed by atoms with van der Waals surface area (Å²) in [4.78, 5) is 0. The molecule has 1 aliphatic rings. The van der Waals surface area contributed by atoms with Gasteiger partial charge in [0, 0.05) is 0 Å². The van der Waals surface area contributed by atoms with Crippen LogP contribution in [0.15, 0.2) is 0 Å². The van der Waals surface area contributed by atoms with Crippen molar-refractivity contribution in [1.82, 2.24) is 0 Å². The van der Waals surface area contributed by atoms with Crippen molar-refractivity contribution < 1.29 is 25.3 Å². The molecule has 0 aliphatic heterocycles. The van der Waals surface area contributed by atoms with Gasteiger partial charge in [-0.05, 0) is 0 Å². The van der Waals surface area contributed by atoms with E-state index in [1.807, 2.05) is 0 Å². The van der Waals surface area contributed by atoms with Gasteiger partial charge in [-0.3, -0.25) is 0 Å². The summed E-state index contributed by atoms with van der Waals surface area (Å²) in [6.45, 7) is 0. The Morgan fingerprint density at radius 3 is 2.44 bits per heavy atom. The quantitative estimate of drug-likeness (QED) is 0.629. The summed E-state index contributed by atoms with van der Waals surface area (Å²) in [6, 6.07) is 0. The Morgan fingerprint density at radius 2 is 1.89 bits per heavy atom. The van der Waals surface area contributed by atoms with E-state index in [9.17, 15) is 0 Å². The third-order valence-electron chi connectivity index (χ3n) is 2.22. The number of hydrogen-bond donors (Lipinski definition) is 0. The van der Waals surface area contributed by atoms with Gasteiger partial charge in [-0.1, -0.05) is 0 Å². The molecule has 0 aromatic heterocycles. The van der Waals surface area contributed by atoms with E-state index in [1.165, 1.54) is 38.5 Å².